The van der Waals surface area contributed by atoms with E-state index < -0.39 is 0 Å². The SMILES string of the molecule is Cc1ccc(C(C)NC(=O)c2ccc(-n3cc(CNC(=O)C(C)C)cn3)cc2)c(C)c1. The second-order valence-corrected chi connectivity index (χ2v) is 8.27. The van der Waals surface area contributed by atoms with Crippen LogP contribution in [0.25, 0.3) is 5.69 Å². The summed E-state index contributed by atoms with van der Waals surface area (Å²) in [6, 6.07) is 13.5. The minimum Gasteiger partial charge on any atom is -0.352 e. The fraction of sp³-hybridized carbons (Fsp3) is 0.320. The molecule has 3 rings (SSSR count). The molecular weight excluding hydrogens is 388 g/mol. The Hall–Kier alpha value is -3.41. The van der Waals surface area contributed by atoms with Crippen LogP contribution in [0.5, 0.6) is 0 Å². The van der Waals surface area contributed by atoms with Gasteiger partial charge < -0.3 is 10.6 Å². The van der Waals surface area contributed by atoms with Gasteiger partial charge >= 0.3 is 0 Å². The van der Waals surface area contributed by atoms with Gasteiger partial charge in [-0.05, 0) is 56.2 Å². The first-order chi connectivity index (χ1) is 14.7. The van der Waals surface area contributed by atoms with E-state index in [2.05, 4.69) is 47.8 Å². The van der Waals surface area contributed by atoms with Gasteiger partial charge in [-0.25, -0.2) is 4.68 Å². The summed E-state index contributed by atoms with van der Waals surface area (Å²) in [4.78, 5) is 24.4. The molecule has 0 aliphatic rings. The number of aryl methyl sites for hydroxylation is 2. The van der Waals surface area contributed by atoms with Crippen LogP contribution in [0.1, 0.15) is 59.4 Å². The Morgan fingerprint density at radius 1 is 1.03 bits per heavy atom. The van der Waals surface area contributed by atoms with Crippen molar-refractivity contribution in [3.8, 4) is 5.69 Å². The number of benzene rings is 2. The van der Waals surface area contributed by atoms with Crippen molar-refractivity contribution in [1.82, 2.24) is 20.4 Å². The third kappa shape index (κ3) is 5.60. The van der Waals surface area contributed by atoms with Crippen molar-refractivity contribution >= 4 is 11.8 Å². The average Bonchev–Trinajstić information content (AvgIpc) is 3.20. The summed E-state index contributed by atoms with van der Waals surface area (Å²) in [6.07, 6.45) is 3.60. The zero-order valence-corrected chi connectivity index (χ0v) is 18.8. The van der Waals surface area contributed by atoms with Crippen LogP contribution in [0.15, 0.2) is 54.9 Å². The van der Waals surface area contributed by atoms with Crippen LogP contribution in [-0.2, 0) is 11.3 Å². The predicted octanol–water partition coefficient (Wildman–Crippen LogP) is 4.25. The van der Waals surface area contributed by atoms with Crippen molar-refractivity contribution in [2.24, 2.45) is 5.92 Å². The number of nitrogens with one attached hydrogen (secondary N) is 2. The molecule has 6 nitrogen and oxygen atoms in total. The molecule has 6 heteroatoms. The molecule has 0 spiro atoms. The van der Waals surface area contributed by atoms with Gasteiger partial charge in [0.05, 0.1) is 17.9 Å². The Bertz CT molecular complexity index is 1070. The van der Waals surface area contributed by atoms with Crippen molar-refractivity contribution in [3.63, 3.8) is 0 Å². The molecule has 1 heterocycles. The van der Waals surface area contributed by atoms with Crippen LogP contribution in [0.3, 0.4) is 0 Å². The molecule has 3 aromatic rings. The van der Waals surface area contributed by atoms with E-state index >= 15 is 0 Å². The van der Waals surface area contributed by atoms with Crippen LogP contribution in [0.2, 0.25) is 0 Å². The zero-order valence-electron chi connectivity index (χ0n) is 18.8. The third-order valence-electron chi connectivity index (χ3n) is 5.26. The number of hydrogen-bond acceptors (Lipinski definition) is 3. The summed E-state index contributed by atoms with van der Waals surface area (Å²) in [6.45, 7) is 10.3. The fourth-order valence-electron chi connectivity index (χ4n) is 3.42. The van der Waals surface area contributed by atoms with Gasteiger partial charge in [-0.3, -0.25) is 9.59 Å². The van der Waals surface area contributed by atoms with Gasteiger partial charge in [0.1, 0.15) is 0 Å². The van der Waals surface area contributed by atoms with E-state index in [-0.39, 0.29) is 23.8 Å². The van der Waals surface area contributed by atoms with Crippen molar-refractivity contribution in [3.05, 3.63) is 82.7 Å². The highest BCUT2D eigenvalue weighted by molar-refractivity contribution is 5.94. The normalized spacial score (nSPS) is 11.9. The van der Waals surface area contributed by atoms with Gasteiger partial charge in [-0.15, -0.1) is 0 Å². The molecule has 0 aliphatic heterocycles. The first-order valence-corrected chi connectivity index (χ1v) is 10.5. The molecule has 2 N–H and O–H groups in total. The van der Waals surface area contributed by atoms with E-state index in [1.54, 1.807) is 23.0 Å². The lowest BCUT2D eigenvalue weighted by atomic mass is 10.00. The number of rotatable bonds is 7. The molecule has 0 saturated heterocycles. The minimum absolute atomic E-state index is 0.0122. The second-order valence-electron chi connectivity index (χ2n) is 8.27. The summed E-state index contributed by atoms with van der Waals surface area (Å²) in [7, 11) is 0. The number of nitrogens with zero attached hydrogens (tertiary/aromatic N) is 2. The number of aromatic nitrogens is 2. The lowest BCUT2D eigenvalue weighted by molar-refractivity contribution is -0.124. The molecule has 2 amide bonds. The highest BCUT2D eigenvalue weighted by Gasteiger charge is 2.14. The van der Waals surface area contributed by atoms with Crippen LogP contribution in [0.4, 0.5) is 0 Å². The van der Waals surface area contributed by atoms with Gasteiger partial charge in [0.15, 0.2) is 0 Å². The Morgan fingerprint density at radius 3 is 2.39 bits per heavy atom. The zero-order chi connectivity index (χ0) is 22.5. The number of amides is 2. The molecule has 0 radical (unpaired) electrons. The summed E-state index contributed by atoms with van der Waals surface area (Å²) >= 11 is 0. The highest BCUT2D eigenvalue weighted by Crippen LogP contribution is 2.19. The standard InChI is InChI=1S/C25H30N4O2/c1-16(2)24(30)26-13-20-14-27-29(15-20)22-9-7-21(8-10-22)25(31)28-19(5)23-11-6-17(3)12-18(23)4/h6-12,14-16,19H,13H2,1-5H3,(H,26,30)(H,28,31). The molecule has 1 aromatic heterocycles. The van der Waals surface area contributed by atoms with Crippen LogP contribution < -0.4 is 10.6 Å². The maximum absolute atomic E-state index is 12.7. The van der Waals surface area contributed by atoms with E-state index in [1.807, 2.05) is 39.1 Å². The van der Waals surface area contributed by atoms with Gasteiger partial charge in [-0.1, -0.05) is 37.6 Å². The fourth-order valence-corrected chi connectivity index (χ4v) is 3.42. The predicted molar refractivity (Wildman–Crippen MR) is 122 cm³/mol. The first-order valence-electron chi connectivity index (χ1n) is 10.5. The molecule has 1 unspecified atom stereocenters. The Balaban J connectivity index is 1.63. The number of hydrogen-bond donors (Lipinski definition) is 2. The van der Waals surface area contributed by atoms with Crippen molar-refractivity contribution in [1.29, 1.82) is 0 Å². The quantitative estimate of drug-likeness (QED) is 0.602. The molecule has 0 aliphatic carbocycles. The lowest BCUT2D eigenvalue weighted by Gasteiger charge is -2.17. The second kappa shape index (κ2) is 9.60. The molecular formula is C25H30N4O2. The molecule has 0 fully saturated rings. The first kappa shape index (κ1) is 22.3. The maximum Gasteiger partial charge on any atom is 0.251 e. The van der Waals surface area contributed by atoms with Crippen LogP contribution in [-0.4, -0.2) is 21.6 Å². The van der Waals surface area contributed by atoms with E-state index in [0.717, 1.165) is 16.8 Å². The summed E-state index contributed by atoms with van der Waals surface area (Å²) in [5.41, 5.74) is 5.85. The Morgan fingerprint density at radius 2 is 1.74 bits per heavy atom. The summed E-state index contributed by atoms with van der Waals surface area (Å²) in [5, 5.41) is 10.3. The number of carbonyl (C=O) groups excluding carboxylic acids is 2. The Labute approximate surface area is 183 Å². The molecule has 162 valence electrons. The lowest BCUT2D eigenvalue weighted by Crippen LogP contribution is -2.27. The summed E-state index contributed by atoms with van der Waals surface area (Å²) < 4.78 is 1.73. The van der Waals surface area contributed by atoms with E-state index in [4.69, 9.17) is 0 Å². The van der Waals surface area contributed by atoms with Crippen LogP contribution in [0, 0.1) is 19.8 Å². The highest BCUT2D eigenvalue weighted by atomic mass is 16.2. The molecule has 2 aromatic carbocycles. The van der Waals surface area contributed by atoms with Crippen molar-refractivity contribution < 1.29 is 9.59 Å². The molecule has 1 atom stereocenters. The monoisotopic (exact) mass is 418 g/mol. The van der Waals surface area contributed by atoms with Crippen molar-refractivity contribution in [2.75, 3.05) is 0 Å². The van der Waals surface area contributed by atoms with E-state index in [1.165, 1.54) is 11.1 Å². The van der Waals surface area contributed by atoms with E-state index in [0.29, 0.717) is 12.1 Å². The average molecular weight is 419 g/mol. The van der Waals surface area contributed by atoms with Crippen molar-refractivity contribution in [2.45, 2.75) is 47.2 Å². The van der Waals surface area contributed by atoms with E-state index in [9.17, 15) is 9.59 Å². The molecule has 0 bridgehead atoms. The topological polar surface area (TPSA) is 76.0 Å². The van der Waals surface area contributed by atoms with Gasteiger partial charge in [0, 0.05) is 29.8 Å². The molecule has 31 heavy (non-hydrogen) atoms. The largest absolute Gasteiger partial charge is 0.352 e. The number of carbonyl (C=O) groups is 2. The Kier molecular flexibility index (Phi) is 6.90. The van der Waals surface area contributed by atoms with Crippen LogP contribution >= 0.6 is 0 Å². The third-order valence-corrected chi connectivity index (χ3v) is 5.26. The smallest absolute Gasteiger partial charge is 0.251 e. The van der Waals surface area contributed by atoms with Gasteiger partial charge in [0.25, 0.3) is 5.91 Å². The molecule has 0 saturated carbocycles. The van der Waals surface area contributed by atoms with Gasteiger partial charge in [-0.2, -0.15) is 5.10 Å². The minimum atomic E-state index is -0.114. The maximum atomic E-state index is 12.7. The summed E-state index contributed by atoms with van der Waals surface area (Å²) in [5.74, 6) is -0.152. The van der Waals surface area contributed by atoms with Gasteiger partial charge in [0.2, 0.25) is 5.91 Å².